The summed E-state index contributed by atoms with van der Waals surface area (Å²) in [5.74, 6) is 0.745. The Morgan fingerprint density at radius 3 is 2.94 bits per heavy atom. The van der Waals surface area contributed by atoms with Gasteiger partial charge in [-0.05, 0) is 32.0 Å². The van der Waals surface area contributed by atoms with Crippen LogP contribution in [0, 0.1) is 4.77 Å². The summed E-state index contributed by atoms with van der Waals surface area (Å²) in [6, 6.07) is 0.457. The van der Waals surface area contributed by atoms with Crippen LogP contribution in [-0.2, 0) is 6.54 Å². The van der Waals surface area contributed by atoms with Crippen LogP contribution >= 0.6 is 23.8 Å². The standard InChI is InChI=1S/C10H12ClN5S/c1-2-15-5-7(11)8(14-15)9-12-13-10(17)16(9)6-3-4-6/h5-6H,2-4H2,1H3,(H,13,17). The van der Waals surface area contributed by atoms with Crippen molar-refractivity contribution in [1.29, 1.82) is 0 Å². The lowest BCUT2D eigenvalue weighted by molar-refractivity contribution is 0.657. The summed E-state index contributed by atoms with van der Waals surface area (Å²) in [6.45, 7) is 2.80. The second-order valence-electron chi connectivity index (χ2n) is 4.13. The van der Waals surface area contributed by atoms with Gasteiger partial charge in [0.2, 0.25) is 0 Å². The van der Waals surface area contributed by atoms with Gasteiger partial charge in [0.05, 0.1) is 5.02 Å². The summed E-state index contributed by atoms with van der Waals surface area (Å²) in [5, 5.41) is 12.1. The molecule has 0 aromatic carbocycles. The van der Waals surface area contributed by atoms with E-state index in [1.807, 2.05) is 17.7 Å². The van der Waals surface area contributed by atoms with E-state index in [1.165, 1.54) is 0 Å². The number of H-pyrrole nitrogens is 1. The number of rotatable bonds is 3. The first kappa shape index (κ1) is 11.0. The van der Waals surface area contributed by atoms with Crippen molar-refractivity contribution in [1.82, 2.24) is 24.5 Å². The first-order valence-corrected chi connectivity index (χ1v) is 6.39. The van der Waals surface area contributed by atoms with Crippen LogP contribution in [0.3, 0.4) is 0 Å². The summed E-state index contributed by atoms with van der Waals surface area (Å²) >= 11 is 11.4. The molecule has 7 heteroatoms. The van der Waals surface area contributed by atoms with Gasteiger partial charge in [-0.25, -0.2) is 0 Å². The van der Waals surface area contributed by atoms with Crippen LogP contribution in [-0.4, -0.2) is 24.5 Å². The second kappa shape index (κ2) is 3.96. The molecule has 2 aromatic heterocycles. The van der Waals surface area contributed by atoms with Gasteiger partial charge in [-0.15, -0.1) is 0 Å². The maximum absolute atomic E-state index is 6.18. The van der Waals surface area contributed by atoms with Gasteiger partial charge in [-0.1, -0.05) is 11.6 Å². The van der Waals surface area contributed by atoms with E-state index in [1.54, 1.807) is 4.68 Å². The molecule has 1 N–H and O–H groups in total. The molecular weight excluding hydrogens is 258 g/mol. The number of hydrogen-bond acceptors (Lipinski definition) is 3. The highest BCUT2D eigenvalue weighted by atomic mass is 35.5. The molecule has 0 atom stereocenters. The first-order chi connectivity index (χ1) is 8.20. The van der Waals surface area contributed by atoms with Crippen molar-refractivity contribution in [3.8, 4) is 11.5 Å². The summed E-state index contributed by atoms with van der Waals surface area (Å²) < 4.78 is 4.46. The van der Waals surface area contributed by atoms with Crippen molar-refractivity contribution in [2.75, 3.05) is 0 Å². The smallest absolute Gasteiger partial charge is 0.195 e. The lowest BCUT2D eigenvalue weighted by Gasteiger charge is -2.02. The summed E-state index contributed by atoms with van der Waals surface area (Å²) in [4.78, 5) is 0. The second-order valence-corrected chi connectivity index (χ2v) is 4.93. The third-order valence-electron chi connectivity index (χ3n) is 2.87. The van der Waals surface area contributed by atoms with Gasteiger partial charge in [-0.3, -0.25) is 14.3 Å². The summed E-state index contributed by atoms with van der Waals surface area (Å²) in [6.07, 6.45) is 4.10. The van der Waals surface area contributed by atoms with Crippen LogP contribution in [0.15, 0.2) is 6.20 Å². The van der Waals surface area contributed by atoms with Crippen LogP contribution in [0.4, 0.5) is 0 Å². The quantitative estimate of drug-likeness (QED) is 0.872. The van der Waals surface area contributed by atoms with Crippen LogP contribution < -0.4 is 0 Å². The highest BCUT2D eigenvalue weighted by Gasteiger charge is 2.29. The summed E-state index contributed by atoms with van der Waals surface area (Å²) in [7, 11) is 0. The minimum Gasteiger partial charge on any atom is -0.296 e. The fourth-order valence-electron chi connectivity index (χ4n) is 1.85. The van der Waals surface area contributed by atoms with Crippen molar-refractivity contribution in [3.63, 3.8) is 0 Å². The molecule has 90 valence electrons. The van der Waals surface area contributed by atoms with Crippen molar-refractivity contribution in [2.45, 2.75) is 32.4 Å². The van der Waals surface area contributed by atoms with E-state index in [4.69, 9.17) is 23.8 Å². The van der Waals surface area contributed by atoms with E-state index >= 15 is 0 Å². The Kier molecular flexibility index (Phi) is 2.56. The van der Waals surface area contributed by atoms with Gasteiger partial charge in [0.25, 0.3) is 0 Å². The van der Waals surface area contributed by atoms with E-state index < -0.39 is 0 Å². The van der Waals surface area contributed by atoms with E-state index in [0.29, 0.717) is 21.5 Å². The Bertz CT molecular complexity index is 606. The Morgan fingerprint density at radius 1 is 1.59 bits per heavy atom. The van der Waals surface area contributed by atoms with Gasteiger partial charge < -0.3 is 0 Å². The molecule has 0 spiro atoms. The number of nitrogens with one attached hydrogen (secondary N) is 1. The lowest BCUT2D eigenvalue weighted by Crippen LogP contribution is -2.00. The first-order valence-electron chi connectivity index (χ1n) is 5.61. The molecule has 3 rings (SSSR count). The molecule has 0 aliphatic heterocycles. The van der Waals surface area contributed by atoms with Gasteiger partial charge in [-0.2, -0.15) is 10.2 Å². The molecule has 0 bridgehead atoms. The van der Waals surface area contributed by atoms with Crippen LogP contribution in [0.5, 0.6) is 0 Å². The maximum Gasteiger partial charge on any atom is 0.195 e. The Hall–Kier alpha value is -1.14. The molecule has 1 aliphatic rings. The molecule has 0 radical (unpaired) electrons. The number of nitrogens with zero attached hydrogens (tertiary/aromatic N) is 4. The number of aromatic nitrogens is 5. The molecule has 2 heterocycles. The van der Waals surface area contributed by atoms with Crippen LogP contribution in [0.2, 0.25) is 5.02 Å². The van der Waals surface area contributed by atoms with E-state index in [-0.39, 0.29) is 0 Å². The summed E-state index contributed by atoms with van der Waals surface area (Å²) in [5.41, 5.74) is 0.702. The van der Waals surface area contributed by atoms with Crippen molar-refractivity contribution in [2.24, 2.45) is 0 Å². The third-order valence-corrected chi connectivity index (χ3v) is 3.43. The molecule has 1 fully saturated rings. The number of halogens is 1. The Balaban J connectivity index is 2.14. The Morgan fingerprint density at radius 2 is 2.35 bits per heavy atom. The normalized spacial score (nSPS) is 15.4. The zero-order valence-corrected chi connectivity index (χ0v) is 10.9. The Labute approximate surface area is 108 Å². The van der Waals surface area contributed by atoms with E-state index in [2.05, 4.69) is 15.3 Å². The molecule has 5 nitrogen and oxygen atoms in total. The molecule has 0 amide bonds. The lowest BCUT2D eigenvalue weighted by atomic mass is 10.4. The van der Waals surface area contributed by atoms with Gasteiger partial charge in [0.15, 0.2) is 10.6 Å². The van der Waals surface area contributed by atoms with Crippen molar-refractivity contribution in [3.05, 3.63) is 16.0 Å². The molecular formula is C10H12ClN5S. The predicted molar refractivity (Wildman–Crippen MR) is 67.6 cm³/mol. The molecule has 17 heavy (non-hydrogen) atoms. The monoisotopic (exact) mass is 269 g/mol. The van der Waals surface area contributed by atoms with Gasteiger partial charge in [0, 0.05) is 18.8 Å². The minimum absolute atomic E-state index is 0.457. The molecule has 2 aromatic rings. The van der Waals surface area contributed by atoms with E-state index in [9.17, 15) is 0 Å². The SMILES string of the molecule is CCn1cc(Cl)c(-c2n[nH]c(=S)n2C2CC2)n1. The average molecular weight is 270 g/mol. The highest BCUT2D eigenvalue weighted by molar-refractivity contribution is 7.71. The molecule has 1 aliphatic carbocycles. The van der Waals surface area contributed by atoms with E-state index in [0.717, 1.165) is 25.2 Å². The fraction of sp³-hybridized carbons (Fsp3) is 0.500. The van der Waals surface area contributed by atoms with Gasteiger partial charge in [0.1, 0.15) is 5.69 Å². The zero-order chi connectivity index (χ0) is 12.0. The zero-order valence-electron chi connectivity index (χ0n) is 9.35. The molecule has 1 saturated carbocycles. The third kappa shape index (κ3) is 1.81. The topological polar surface area (TPSA) is 51.4 Å². The largest absolute Gasteiger partial charge is 0.296 e. The minimum atomic E-state index is 0.457. The highest BCUT2D eigenvalue weighted by Crippen LogP contribution is 2.38. The number of aryl methyl sites for hydroxylation is 1. The van der Waals surface area contributed by atoms with Crippen molar-refractivity contribution < 1.29 is 0 Å². The maximum atomic E-state index is 6.18. The fourth-order valence-corrected chi connectivity index (χ4v) is 2.37. The number of aromatic amines is 1. The van der Waals surface area contributed by atoms with Crippen LogP contribution in [0.1, 0.15) is 25.8 Å². The number of hydrogen-bond donors (Lipinski definition) is 1. The molecule has 0 unspecified atom stereocenters. The van der Waals surface area contributed by atoms with Crippen molar-refractivity contribution >= 4 is 23.8 Å². The predicted octanol–water partition coefficient (Wildman–Crippen LogP) is 2.81. The molecule has 0 saturated heterocycles. The average Bonchev–Trinajstić information content (AvgIpc) is 2.98. The van der Waals surface area contributed by atoms with Crippen LogP contribution in [0.25, 0.3) is 11.5 Å². The van der Waals surface area contributed by atoms with Gasteiger partial charge >= 0.3 is 0 Å².